The van der Waals surface area contributed by atoms with Gasteiger partial charge in [0.25, 0.3) is 0 Å². The van der Waals surface area contributed by atoms with E-state index in [0.717, 1.165) is 16.7 Å². The van der Waals surface area contributed by atoms with Gasteiger partial charge in [0.15, 0.2) is 0 Å². The number of rotatable bonds is 4. The Kier molecular flexibility index (Phi) is 5.94. The number of amides is 1. The Hall–Kier alpha value is -2.95. The number of nitrogens with one attached hydrogen (secondary N) is 2. The van der Waals surface area contributed by atoms with Gasteiger partial charge in [0.2, 0.25) is 5.91 Å². The molecule has 0 spiro atoms. The second kappa shape index (κ2) is 8.66. The summed E-state index contributed by atoms with van der Waals surface area (Å²) in [6.45, 7) is 2.61. The van der Waals surface area contributed by atoms with Gasteiger partial charge in [-0.25, -0.2) is 4.39 Å². The van der Waals surface area contributed by atoms with E-state index in [-0.39, 0.29) is 23.8 Å². The first-order valence-electron chi connectivity index (χ1n) is 10.1. The molecule has 0 aromatic heterocycles. The van der Waals surface area contributed by atoms with E-state index in [1.165, 1.54) is 6.07 Å². The molecule has 3 unspecified atom stereocenters. The molecule has 1 amide bonds. The summed E-state index contributed by atoms with van der Waals surface area (Å²) in [5, 5.41) is 15.9. The van der Waals surface area contributed by atoms with E-state index in [9.17, 15) is 14.3 Å². The number of hydrogen-bond acceptors (Lipinski definition) is 5. The van der Waals surface area contributed by atoms with Crippen molar-refractivity contribution in [3.05, 3.63) is 71.8 Å². The molecular weight excluding hydrogens is 413 g/mol. The largest absolute Gasteiger partial charge is 0.376 e. The zero-order chi connectivity index (χ0) is 22.0. The maximum absolute atomic E-state index is 14.7. The Bertz CT molecular complexity index is 1070. The van der Waals surface area contributed by atoms with Gasteiger partial charge in [-0.3, -0.25) is 4.79 Å². The summed E-state index contributed by atoms with van der Waals surface area (Å²) in [5.74, 6) is 5.92. The lowest BCUT2D eigenvalue weighted by molar-refractivity contribution is -0.119. The van der Waals surface area contributed by atoms with Crippen molar-refractivity contribution in [2.75, 3.05) is 13.1 Å². The van der Waals surface area contributed by atoms with Crippen LogP contribution in [0.3, 0.4) is 0 Å². The fraction of sp³-hybridized carbons (Fsp3) is 0.292. The topological polar surface area (TPSA) is 64.6 Å². The van der Waals surface area contributed by atoms with Gasteiger partial charge in [-0.2, -0.15) is 0 Å². The van der Waals surface area contributed by atoms with Crippen LogP contribution in [0.1, 0.15) is 30.4 Å². The molecular formula is C24H24FN3O2S. The number of carbonyl (C=O) groups excluding carboxylic acids is 1. The lowest BCUT2D eigenvalue weighted by Crippen LogP contribution is -2.50. The van der Waals surface area contributed by atoms with Crippen LogP contribution >= 0.6 is 12.6 Å². The van der Waals surface area contributed by atoms with Gasteiger partial charge >= 0.3 is 0 Å². The number of benzene rings is 2. The Morgan fingerprint density at radius 3 is 2.71 bits per heavy atom. The number of aliphatic hydroxyl groups is 1. The SMILES string of the molecule is CC(O)(S)C1NC=CN1CC#Cc1ccc(-c2ccc(C3CNC(=O)C3)cc2F)cc1. The monoisotopic (exact) mass is 437 g/mol. The molecule has 3 atom stereocenters. The van der Waals surface area contributed by atoms with Crippen LogP contribution in [0, 0.1) is 17.7 Å². The first-order valence-corrected chi connectivity index (χ1v) is 10.5. The summed E-state index contributed by atoms with van der Waals surface area (Å²) in [7, 11) is 0. The third kappa shape index (κ3) is 4.87. The van der Waals surface area contributed by atoms with E-state index in [1.54, 1.807) is 19.2 Å². The molecule has 160 valence electrons. The van der Waals surface area contributed by atoms with Crippen molar-refractivity contribution >= 4 is 18.5 Å². The minimum Gasteiger partial charge on any atom is -0.376 e. The molecule has 1 saturated heterocycles. The number of hydrogen-bond donors (Lipinski definition) is 4. The Morgan fingerprint density at radius 2 is 2.06 bits per heavy atom. The summed E-state index contributed by atoms with van der Waals surface area (Å²) in [5.41, 5.74) is 2.95. The zero-order valence-electron chi connectivity index (χ0n) is 17.1. The molecule has 0 bridgehead atoms. The van der Waals surface area contributed by atoms with Crippen LogP contribution in [-0.4, -0.2) is 40.1 Å². The smallest absolute Gasteiger partial charge is 0.220 e. The van der Waals surface area contributed by atoms with Crippen LogP contribution in [0.15, 0.2) is 54.9 Å². The normalized spacial score (nSPS) is 21.8. The minimum absolute atomic E-state index is 0.00900. The summed E-state index contributed by atoms with van der Waals surface area (Å²) >= 11 is 4.21. The van der Waals surface area contributed by atoms with Crippen LogP contribution in [0.25, 0.3) is 11.1 Å². The molecule has 31 heavy (non-hydrogen) atoms. The highest BCUT2D eigenvalue weighted by atomic mass is 32.1. The summed E-state index contributed by atoms with van der Waals surface area (Å²) < 4.78 is 14.7. The third-order valence-corrected chi connectivity index (χ3v) is 5.75. The van der Waals surface area contributed by atoms with Crippen molar-refractivity contribution < 1.29 is 14.3 Å². The summed E-state index contributed by atoms with van der Waals surface area (Å²) in [6, 6.07) is 12.6. The maximum Gasteiger partial charge on any atom is 0.220 e. The molecule has 4 rings (SSSR count). The maximum atomic E-state index is 14.7. The van der Waals surface area contributed by atoms with Crippen molar-refractivity contribution in [2.24, 2.45) is 0 Å². The number of halogens is 1. The molecule has 5 nitrogen and oxygen atoms in total. The lowest BCUT2D eigenvalue weighted by atomic mass is 9.95. The summed E-state index contributed by atoms with van der Waals surface area (Å²) in [6.07, 6.45) is 3.64. The van der Waals surface area contributed by atoms with Gasteiger partial charge in [-0.1, -0.05) is 36.1 Å². The number of carbonyl (C=O) groups is 1. The predicted molar refractivity (Wildman–Crippen MR) is 121 cm³/mol. The van der Waals surface area contributed by atoms with Gasteiger partial charge in [0.1, 0.15) is 16.9 Å². The van der Waals surface area contributed by atoms with Crippen molar-refractivity contribution in [3.8, 4) is 23.0 Å². The zero-order valence-corrected chi connectivity index (χ0v) is 18.0. The van der Waals surface area contributed by atoms with Crippen LogP contribution < -0.4 is 10.6 Å². The molecule has 2 aliphatic rings. The molecule has 0 saturated carbocycles. The number of nitrogens with zero attached hydrogens (tertiary/aromatic N) is 1. The van der Waals surface area contributed by atoms with Gasteiger partial charge in [-0.05, 0) is 36.2 Å². The molecule has 2 aliphatic heterocycles. The second-order valence-corrected chi connectivity index (χ2v) is 8.88. The van der Waals surface area contributed by atoms with E-state index in [1.807, 2.05) is 41.4 Å². The molecule has 3 N–H and O–H groups in total. The minimum atomic E-state index is -1.20. The quantitative estimate of drug-likeness (QED) is 0.338. The average molecular weight is 438 g/mol. The number of thiol groups is 1. The average Bonchev–Trinajstić information content (AvgIpc) is 3.37. The van der Waals surface area contributed by atoms with Crippen LogP contribution in [0.2, 0.25) is 0 Å². The Morgan fingerprint density at radius 1 is 1.29 bits per heavy atom. The molecule has 2 heterocycles. The van der Waals surface area contributed by atoms with Crippen LogP contribution in [0.4, 0.5) is 4.39 Å². The fourth-order valence-electron chi connectivity index (χ4n) is 3.85. The first-order chi connectivity index (χ1) is 14.8. The molecule has 7 heteroatoms. The lowest BCUT2D eigenvalue weighted by Gasteiger charge is -2.32. The van der Waals surface area contributed by atoms with Gasteiger partial charge in [-0.15, -0.1) is 12.6 Å². The third-order valence-electron chi connectivity index (χ3n) is 5.50. The summed E-state index contributed by atoms with van der Waals surface area (Å²) in [4.78, 5) is 12.1. The van der Waals surface area contributed by atoms with Gasteiger partial charge in [0, 0.05) is 42.4 Å². The van der Waals surface area contributed by atoms with Crippen molar-refractivity contribution in [1.82, 2.24) is 15.5 Å². The van der Waals surface area contributed by atoms with E-state index in [0.29, 0.717) is 25.1 Å². The predicted octanol–water partition coefficient (Wildman–Crippen LogP) is 2.79. The van der Waals surface area contributed by atoms with E-state index in [4.69, 9.17) is 0 Å². The highest BCUT2D eigenvalue weighted by Gasteiger charge is 2.33. The second-order valence-electron chi connectivity index (χ2n) is 7.97. The highest BCUT2D eigenvalue weighted by Crippen LogP contribution is 2.29. The highest BCUT2D eigenvalue weighted by molar-refractivity contribution is 7.81. The van der Waals surface area contributed by atoms with Gasteiger partial charge in [0.05, 0.1) is 6.54 Å². The van der Waals surface area contributed by atoms with Crippen LogP contribution in [-0.2, 0) is 4.79 Å². The van der Waals surface area contributed by atoms with E-state index >= 15 is 0 Å². The van der Waals surface area contributed by atoms with Crippen LogP contribution in [0.5, 0.6) is 0 Å². The molecule has 2 aromatic carbocycles. The van der Waals surface area contributed by atoms with Crippen molar-refractivity contribution in [3.63, 3.8) is 0 Å². The molecule has 2 aromatic rings. The Balaban J connectivity index is 1.43. The van der Waals surface area contributed by atoms with Crippen molar-refractivity contribution in [1.29, 1.82) is 0 Å². The Labute approximate surface area is 186 Å². The van der Waals surface area contributed by atoms with Crippen molar-refractivity contribution in [2.45, 2.75) is 30.4 Å². The standard InChI is InChI=1S/C24H24FN3O2S/c1-24(30,31)23-26-10-12-28(23)11-2-3-16-4-6-17(7-5-16)20-9-8-18(13-21(20)25)19-14-22(29)27-15-19/h4-10,12-13,19,23,26,30-31H,11,14-15H2,1H3,(H,27,29). The van der Waals surface area contributed by atoms with E-state index < -0.39 is 4.93 Å². The van der Waals surface area contributed by atoms with Gasteiger partial charge < -0.3 is 20.6 Å². The molecule has 1 fully saturated rings. The molecule has 0 radical (unpaired) electrons. The first kappa shape index (κ1) is 21.3. The fourth-order valence-corrected chi connectivity index (χ4v) is 4.08. The van der Waals surface area contributed by atoms with E-state index in [2.05, 4.69) is 35.1 Å². The molecule has 0 aliphatic carbocycles.